The molecule has 0 aromatic rings. The maximum absolute atomic E-state index is 11.8. The molecule has 0 amide bonds. The van der Waals surface area contributed by atoms with Crippen molar-refractivity contribution in [3.8, 4) is 0 Å². The minimum absolute atomic E-state index is 0.110. The number of carbonyl (C=O) groups is 1. The molecule has 17 heavy (non-hydrogen) atoms. The average Bonchev–Trinajstić information content (AvgIpc) is 2.12. The van der Waals surface area contributed by atoms with Crippen LogP contribution in [-0.2, 0) is 4.79 Å². The number of carboxylic acids is 1. The lowest BCUT2D eigenvalue weighted by Crippen LogP contribution is -2.60. The fourth-order valence-corrected chi connectivity index (χ4v) is 3.60. The van der Waals surface area contributed by atoms with Gasteiger partial charge in [-0.3, -0.25) is 9.69 Å². The van der Waals surface area contributed by atoms with Crippen LogP contribution < -0.4 is 0 Å². The van der Waals surface area contributed by atoms with Crippen LogP contribution in [-0.4, -0.2) is 34.6 Å². The normalized spacial score (nSPS) is 33.1. The van der Waals surface area contributed by atoms with Crippen LogP contribution in [0.1, 0.15) is 53.9 Å². The number of nitrogens with zero attached hydrogens (tertiary/aromatic N) is 1. The number of carboxylic acid groups (broad SMARTS) is 1. The molecule has 0 aromatic heterocycles. The molecule has 0 aliphatic heterocycles. The number of aliphatic carboxylic acids is 1. The average molecular weight is 241 g/mol. The van der Waals surface area contributed by atoms with Crippen LogP contribution in [0.15, 0.2) is 0 Å². The molecule has 3 heteroatoms. The molecule has 2 unspecified atom stereocenters. The van der Waals surface area contributed by atoms with Gasteiger partial charge in [0.05, 0.1) is 0 Å². The van der Waals surface area contributed by atoms with Gasteiger partial charge in [0.1, 0.15) is 5.54 Å². The molecule has 1 aliphatic rings. The smallest absolute Gasteiger partial charge is 0.324 e. The van der Waals surface area contributed by atoms with Gasteiger partial charge in [-0.15, -0.1) is 0 Å². The molecule has 1 fully saturated rings. The molecule has 0 radical (unpaired) electrons. The first-order valence-electron chi connectivity index (χ1n) is 6.57. The van der Waals surface area contributed by atoms with Crippen LogP contribution >= 0.6 is 0 Å². The Labute approximate surface area is 105 Å². The maximum atomic E-state index is 11.8. The zero-order valence-electron chi connectivity index (χ0n) is 12.1. The van der Waals surface area contributed by atoms with Crippen molar-refractivity contribution in [3.05, 3.63) is 0 Å². The SMILES string of the molecule is CC1CC(C)(C)CC(C(=O)O)(N(C)C(C)C)C1. The number of hydrogen-bond acceptors (Lipinski definition) is 2. The zero-order chi connectivity index (χ0) is 13.4. The Hall–Kier alpha value is -0.570. The van der Waals surface area contributed by atoms with E-state index in [1.807, 2.05) is 11.9 Å². The van der Waals surface area contributed by atoms with Crippen molar-refractivity contribution >= 4 is 5.97 Å². The molecule has 1 rings (SSSR count). The van der Waals surface area contributed by atoms with Crippen molar-refractivity contribution in [1.29, 1.82) is 0 Å². The van der Waals surface area contributed by atoms with E-state index in [0.717, 1.165) is 19.3 Å². The van der Waals surface area contributed by atoms with Crippen molar-refractivity contribution in [1.82, 2.24) is 4.90 Å². The van der Waals surface area contributed by atoms with E-state index in [4.69, 9.17) is 0 Å². The third-order valence-corrected chi connectivity index (χ3v) is 4.21. The van der Waals surface area contributed by atoms with Crippen molar-refractivity contribution in [3.63, 3.8) is 0 Å². The number of rotatable bonds is 3. The first kappa shape index (κ1) is 14.5. The van der Waals surface area contributed by atoms with Crippen LogP contribution in [0.2, 0.25) is 0 Å². The summed E-state index contributed by atoms with van der Waals surface area (Å²) >= 11 is 0. The van der Waals surface area contributed by atoms with Crippen LogP contribution in [0, 0.1) is 11.3 Å². The second kappa shape index (κ2) is 4.60. The second-order valence-corrected chi connectivity index (χ2v) is 6.90. The lowest BCUT2D eigenvalue weighted by atomic mass is 9.63. The highest BCUT2D eigenvalue weighted by molar-refractivity contribution is 5.79. The van der Waals surface area contributed by atoms with E-state index in [2.05, 4.69) is 34.6 Å². The summed E-state index contributed by atoms with van der Waals surface area (Å²) < 4.78 is 0. The first-order chi connectivity index (χ1) is 7.61. The Morgan fingerprint density at radius 1 is 1.35 bits per heavy atom. The van der Waals surface area contributed by atoms with E-state index >= 15 is 0 Å². The highest BCUT2D eigenvalue weighted by Gasteiger charge is 2.51. The first-order valence-corrected chi connectivity index (χ1v) is 6.57. The summed E-state index contributed by atoms with van der Waals surface area (Å²) in [5.41, 5.74) is -0.575. The summed E-state index contributed by atoms with van der Waals surface area (Å²) in [7, 11) is 1.95. The summed E-state index contributed by atoms with van der Waals surface area (Å²) in [4.78, 5) is 13.9. The molecule has 1 saturated carbocycles. The lowest BCUT2D eigenvalue weighted by Gasteiger charge is -2.50. The monoisotopic (exact) mass is 241 g/mol. The molecule has 0 heterocycles. The summed E-state index contributed by atoms with van der Waals surface area (Å²) in [5, 5.41) is 9.72. The molecule has 0 bridgehead atoms. The molecule has 0 spiro atoms. The third-order valence-electron chi connectivity index (χ3n) is 4.21. The Morgan fingerprint density at radius 2 is 1.88 bits per heavy atom. The fourth-order valence-electron chi connectivity index (χ4n) is 3.60. The van der Waals surface area contributed by atoms with E-state index in [0.29, 0.717) is 5.92 Å². The quantitative estimate of drug-likeness (QED) is 0.825. The molecule has 3 nitrogen and oxygen atoms in total. The Bertz CT molecular complexity index is 299. The van der Waals surface area contributed by atoms with E-state index in [9.17, 15) is 9.90 Å². The van der Waals surface area contributed by atoms with Gasteiger partial charge in [-0.2, -0.15) is 0 Å². The van der Waals surface area contributed by atoms with Crippen LogP contribution in [0.25, 0.3) is 0 Å². The van der Waals surface area contributed by atoms with Gasteiger partial charge < -0.3 is 5.11 Å². The van der Waals surface area contributed by atoms with Gasteiger partial charge in [-0.25, -0.2) is 0 Å². The predicted octanol–water partition coefficient (Wildman–Crippen LogP) is 3.00. The largest absolute Gasteiger partial charge is 0.480 e. The van der Waals surface area contributed by atoms with E-state index in [1.54, 1.807) is 0 Å². The minimum Gasteiger partial charge on any atom is -0.480 e. The van der Waals surface area contributed by atoms with Gasteiger partial charge in [0.25, 0.3) is 0 Å². The zero-order valence-corrected chi connectivity index (χ0v) is 12.1. The van der Waals surface area contributed by atoms with Gasteiger partial charge in [0.15, 0.2) is 0 Å². The highest BCUT2D eigenvalue weighted by atomic mass is 16.4. The molecule has 1 aliphatic carbocycles. The van der Waals surface area contributed by atoms with Crippen LogP contribution in [0.4, 0.5) is 0 Å². The molecular weight excluding hydrogens is 214 g/mol. The van der Waals surface area contributed by atoms with Crippen molar-refractivity contribution in [2.75, 3.05) is 7.05 Å². The minimum atomic E-state index is -0.685. The maximum Gasteiger partial charge on any atom is 0.324 e. The van der Waals surface area contributed by atoms with Crippen LogP contribution in [0.3, 0.4) is 0 Å². The Morgan fingerprint density at radius 3 is 2.24 bits per heavy atom. The number of likely N-dealkylation sites (N-methyl/N-ethyl adjacent to an activating group) is 1. The molecule has 0 saturated heterocycles. The van der Waals surface area contributed by atoms with E-state index in [-0.39, 0.29) is 11.5 Å². The van der Waals surface area contributed by atoms with Gasteiger partial charge in [0, 0.05) is 6.04 Å². The van der Waals surface area contributed by atoms with E-state index in [1.165, 1.54) is 0 Å². The Balaban J connectivity index is 3.11. The standard InChI is InChI=1S/C14H27NO2/c1-10(2)15(6)14(12(16)17)8-11(3)7-13(4,5)9-14/h10-11H,7-9H2,1-6H3,(H,16,17). The molecule has 2 atom stereocenters. The number of hydrogen-bond donors (Lipinski definition) is 1. The molecule has 100 valence electrons. The van der Waals surface area contributed by atoms with Gasteiger partial charge in [-0.05, 0) is 51.5 Å². The predicted molar refractivity (Wildman–Crippen MR) is 70.1 cm³/mol. The summed E-state index contributed by atoms with van der Waals surface area (Å²) in [6.07, 6.45) is 2.63. The third kappa shape index (κ3) is 2.82. The molecular formula is C14H27NO2. The van der Waals surface area contributed by atoms with Crippen molar-refractivity contribution in [2.24, 2.45) is 11.3 Å². The van der Waals surface area contributed by atoms with Gasteiger partial charge >= 0.3 is 5.97 Å². The van der Waals surface area contributed by atoms with E-state index < -0.39 is 11.5 Å². The second-order valence-electron chi connectivity index (χ2n) is 6.90. The highest BCUT2D eigenvalue weighted by Crippen LogP contribution is 2.46. The van der Waals surface area contributed by atoms with Gasteiger partial charge in [0.2, 0.25) is 0 Å². The lowest BCUT2D eigenvalue weighted by molar-refractivity contribution is -0.159. The summed E-state index contributed by atoms with van der Waals surface area (Å²) in [6.45, 7) is 10.7. The fraction of sp³-hybridized carbons (Fsp3) is 0.929. The topological polar surface area (TPSA) is 40.5 Å². The van der Waals surface area contributed by atoms with Gasteiger partial charge in [-0.1, -0.05) is 20.8 Å². The molecule has 1 N–H and O–H groups in total. The van der Waals surface area contributed by atoms with Crippen LogP contribution in [0.5, 0.6) is 0 Å². The summed E-state index contributed by atoms with van der Waals surface area (Å²) in [6, 6.07) is 0.257. The summed E-state index contributed by atoms with van der Waals surface area (Å²) in [5.74, 6) is -0.190. The molecule has 0 aromatic carbocycles. The Kier molecular flexibility index (Phi) is 3.92. The van der Waals surface area contributed by atoms with Crippen molar-refractivity contribution < 1.29 is 9.90 Å². The van der Waals surface area contributed by atoms with Crippen molar-refractivity contribution in [2.45, 2.75) is 65.5 Å².